The first-order chi connectivity index (χ1) is 14.0. The number of ether oxygens (including phenoxy) is 1. The van der Waals surface area contributed by atoms with Crippen LogP contribution in [0.25, 0.3) is 11.3 Å². The van der Waals surface area contributed by atoms with Crippen molar-refractivity contribution in [2.75, 3.05) is 7.11 Å². The van der Waals surface area contributed by atoms with Crippen LogP contribution in [0.2, 0.25) is 0 Å². The summed E-state index contributed by atoms with van der Waals surface area (Å²) in [6.45, 7) is 1.89. The first kappa shape index (κ1) is 20.1. The SMILES string of the molecule is COc1cccc(-c2cccc(C(=O)NC(CC(=O)O)c3ccccc3C)n2)c1. The van der Waals surface area contributed by atoms with Gasteiger partial charge < -0.3 is 15.2 Å². The maximum Gasteiger partial charge on any atom is 0.305 e. The zero-order valence-electron chi connectivity index (χ0n) is 16.3. The molecule has 0 aliphatic rings. The Balaban J connectivity index is 1.87. The van der Waals surface area contributed by atoms with Crippen molar-refractivity contribution in [2.45, 2.75) is 19.4 Å². The molecular formula is C23H22N2O4. The maximum absolute atomic E-state index is 12.8. The highest BCUT2D eigenvalue weighted by Crippen LogP contribution is 2.24. The molecule has 0 saturated carbocycles. The lowest BCUT2D eigenvalue weighted by Crippen LogP contribution is -2.31. The lowest BCUT2D eigenvalue weighted by Gasteiger charge is -2.19. The molecule has 0 spiro atoms. The molecule has 0 radical (unpaired) electrons. The van der Waals surface area contributed by atoms with Crippen LogP contribution in [0.4, 0.5) is 0 Å². The predicted molar refractivity (Wildman–Crippen MR) is 110 cm³/mol. The number of pyridine rings is 1. The van der Waals surface area contributed by atoms with E-state index in [1.165, 1.54) is 0 Å². The van der Waals surface area contributed by atoms with E-state index in [4.69, 9.17) is 4.74 Å². The molecule has 3 aromatic rings. The summed E-state index contributed by atoms with van der Waals surface area (Å²) in [7, 11) is 1.59. The number of hydrogen-bond acceptors (Lipinski definition) is 4. The minimum atomic E-state index is -0.989. The standard InChI is InChI=1S/C23H22N2O4/c1-15-7-3-4-10-18(15)21(14-22(26)27)25-23(28)20-12-6-11-19(24-20)16-8-5-9-17(13-16)29-2/h3-13,21H,14H2,1-2H3,(H,25,28)(H,26,27). The summed E-state index contributed by atoms with van der Waals surface area (Å²) in [4.78, 5) is 28.6. The third-order valence-corrected chi connectivity index (χ3v) is 4.60. The Morgan fingerprint density at radius 2 is 1.83 bits per heavy atom. The number of carbonyl (C=O) groups is 2. The maximum atomic E-state index is 12.8. The summed E-state index contributed by atoms with van der Waals surface area (Å²) in [5, 5.41) is 12.1. The molecule has 6 nitrogen and oxygen atoms in total. The quantitative estimate of drug-likeness (QED) is 0.636. The second-order valence-electron chi connectivity index (χ2n) is 6.62. The Kier molecular flexibility index (Phi) is 6.24. The van der Waals surface area contributed by atoms with Crippen molar-refractivity contribution in [3.63, 3.8) is 0 Å². The smallest absolute Gasteiger partial charge is 0.305 e. The van der Waals surface area contributed by atoms with E-state index in [1.807, 2.05) is 61.5 Å². The van der Waals surface area contributed by atoms with E-state index in [1.54, 1.807) is 19.2 Å². The predicted octanol–water partition coefficient (Wildman–Crippen LogP) is 4.01. The number of carbonyl (C=O) groups excluding carboxylic acids is 1. The van der Waals surface area contributed by atoms with Crippen LogP contribution < -0.4 is 10.1 Å². The largest absolute Gasteiger partial charge is 0.497 e. The van der Waals surface area contributed by atoms with E-state index in [2.05, 4.69) is 10.3 Å². The number of methoxy groups -OCH3 is 1. The second kappa shape index (κ2) is 9.01. The number of benzene rings is 2. The van der Waals surface area contributed by atoms with Gasteiger partial charge in [-0.1, -0.05) is 42.5 Å². The van der Waals surface area contributed by atoms with Gasteiger partial charge in [-0.25, -0.2) is 4.98 Å². The fraction of sp³-hybridized carbons (Fsp3) is 0.174. The van der Waals surface area contributed by atoms with Crippen molar-refractivity contribution in [3.8, 4) is 17.0 Å². The number of nitrogens with one attached hydrogen (secondary N) is 1. The van der Waals surface area contributed by atoms with E-state index in [9.17, 15) is 14.7 Å². The second-order valence-corrected chi connectivity index (χ2v) is 6.62. The number of nitrogens with zero attached hydrogens (tertiary/aromatic N) is 1. The Labute approximate surface area is 169 Å². The molecule has 2 aromatic carbocycles. The van der Waals surface area contributed by atoms with Gasteiger partial charge in [-0.2, -0.15) is 0 Å². The molecule has 1 unspecified atom stereocenters. The van der Waals surface area contributed by atoms with E-state index >= 15 is 0 Å². The lowest BCUT2D eigenvalue weighted by atomic mass is 9.98. The monoisotopic (exact) mass is 390 g/mol. The van der Waals surface area contributed by atoms with Crippen LogP contribution in [0.3, 0.4) is 0 Å². The molecule has 0 aliphatic carbocycles. The molecule has 0 aliphatic heterocycles. The van der Waals surface area contributed by atoms with Gasteiger partial charge >= 0.3 is 5.97 Å². The number of amides is 1. The summed E-state index contributed by atoms with van der Waals surface area (Å²) in [5.41, 5.74) is 3.35. The van der Waals surface area contributed by atoms with Gasteiger partial charge in [-0.05, 0) is 42.3 Å². The van der Waals surface area contributed by atoms with Gasteiger partial charge in [0.15, 0.2) is 0 Å². The summed E-state index contributed by atoms with van der Waals surface area (Å²) in [5.74, 6) is -0.721. The summed E-state index contributed by atoms with van der Waals surface area (Å²) in [6.07, 6.45) is -0.216. The van der Waals surface area contributed by atoms with E-state index in [-0.39, 0.29) is 12.1 Å². The van der Waals surface area contributed by atoms with Gasteiger partial charge in [0.05, 0.1) is 25.3 Å². The van der Waals surface area contributed by atoms with Crippen LogP contribution in [0.5, 0.6) is 5.75 Å². The van der Waals surface area contributed by atoms with Crippen molar-refractivity contribution in [1.29, 1.82) is 0 Å². The molecule has 3 rings (SSSR count). The Hall–Kier alpha value is -3.67. The summed E-state index contributed by atoms with van der Waals surface area (Å²) < 4.78 is 5.24. The van der Waals surface area contributed by atoms with Gasteiger partial charge in [-0.15, -0.1) is 0 Å². The average molecular weight is 390 g/mol. The number of aryl methyl sites for hydroxylation is 1. The third kappa shape index (κ3) is 4.99. The Bertz CT molecular complexity index is 1030. The van der Waals surface area contributed by atoms with Crippen molar-refractivity contribution in [3.05, 3.63) is 83.6 Å². The number of aromatic nitrogens is 1. The third-order valence-electron chi connectivity index (χ3n) is 4.60. The zero-order valence-corrected chi connectivity index (χ0v) is 16.3. The number of carboxylic acid groups (broad SMARTS) is 1. The molecular weight excluding hydrogens is 368 g/mol. The normalized spacial score (nSPS) is 11.5. The molecule has 2 N–H and O–H groups in total. The highest BCUT2D eigenvalue weighted by Gasteiger charge is 2.21. The average Bonchev–Trinajstić information content (AvgIpc) is 2.73. The molecule has 1 aromatic heterocycles. The minimum absolute atomic E-state index is 0.216. The first-order valence-corrected chi connectivity index (χ1v) is 9.17. The Morgan fingerprint density at radius 3 is 2.55 bits per heavy atom. The van der Waals surface area contributed by atoms with Gasteiger partial charge in [0.1, 0.15) is 11.4 Å². The van der Waals surface area contributed by atoms with Crippen molar-refractivity contribution in [2.24, 2.45) is 0 Å². The first-order valence-electron chi connectivity index (χ1n) is 9.17. The van der Waals surface area contributed by atoms with Crippen LogP contribution in [-0.2, 0) is 4.79 Å². The highest BCUT2D eigenvalue weighted by molar-refractivity contribution is 5.93. The molecule has 29 heavy (non-hydrogen) atoms. The molecule has 6 heteroatoms. The van der Waals surface area contributed by atoms with Gasteiger partial charge in [0, 0.05) is 5.56 Å². The number of carboxylic acids is 1. The number of aliphatic carboxylic acids is 1. The van der Waals surface area contributed by atoms with Gasteiger partial charge in [0.2, 0.25) is 0 Å². The number of rotatable bonds is 7. The molecule has 0 fully saturated rings. The molecule has 1 atom stereocenters. The van der Waals surface area contributed by atoms with Crippen molar-refractivity contribution >= 4 is 11.9 Å². The number of hydrogen-bond donors (Lipinski definition) is 2. The Morgan fingerprint density at radius 1 is 1.07 bits per heavy atom. The fourth-order valence-electron chi connectivity index (χ4n) is 3.13. The minimum Gasteiger partial charge on any atom is -0.497 e. The van der Waals surface area contributed by atoms with Crippen molar-refractivity contribution < 1.29 is 19.4 Å². The van der Waals surface area contributed by atoms with Crippen LogP contribution in [0, 0.1) is 6.92 Å². The molecule has 1 amide bonds. The molecule has 1 heterocycles. The van der Waals surface area contributed by atoms with E-state index in [0.717, 1.165) is 16.7 Å². The van der Waals surface area contributed by atoms with Crippen LogP contribution in [-0.4, -0.2) is 29.1 Å². The highest BCUT2D eigenvalue weighted by atomic mass is 16.5. The molecule has 0 bridgehead atoms. The van der Waals surface area contributed by atoms with Crippen LogP contribution >= 0.6 is 0 Å². The van der Waals surface area contributed by atoms with Crippen LogP contribution in [0.1, 0.15) is 34.1 Å². The van der Waals surface area contributed by atoms with Crippen molar-refractivity contribution in [1.82, 2.24) is 10.3 Å². The fourth-order valence-corrected chi connectivity index (χ4v) is 3.13. The van der Waals surface area contributed by atoms with Gasteiger partial charge in [-0.3, -0.25) is 9.59 Å². The van der Waals surface area contributed by atoms with Crippen LogP contribution in [0.15, 0.2) is 66.7 Å². The lowest BCUT2D eigenvalue weighted by molar-refractivity contribution is -0.137. The van der Waals surface area contributed by atoms with Gasteiger partial charge in [0.25, 0.3) is 5.91 Å². The summed E-state index contributed by atoms with van der Waals surface area (Å²) in [6, 6.07) is 19.3. The zero-order chi connectivity index (χ0) is 20.8. The topological polar surface area (TPSA) is 88.5 Å². The molecule has 0 saturated heterocycles. The molecule has 148 valence electrons. The van der Waals surface area contributed by atoms with E-state index in [0.29, 0.717) is 11.4 Å². The van der Waals surface area contributed by atoms with E-state index < -0.39 is 17.9 Å². The summed E-state index contributed by atoms with van der Waals surface area (Å²) >= 11 is 0.